The molecule has 0 spiro atoms. The number of β-amino-alcohol motifs (C(OH)–C–C–N with tert-alkyl or cyclic N) is 1. The lowest BCUT2D eigenvalue weighted by Crippen LogP contribution is -2.56. The average Bonchev–Trinajstić information content (AvgIpc) is 3.52. The normalized spacial score (nSPS) is 14.5. The molecule has 2 aromatic carbocycles. The molecule has 0 unspecified atom stereocenters. The van der Waals surface area contributed by atoms with Gasteiger partial charge in [-0.2, -0.15) is 10.2 Å². The van der Waals surface area contributed by atoms with Crippen molar-refractivity contribution in [2.45, 2.75) is 45.3 Å². The van der Waals surface area contributed by atoms with Crippen molar-refractivity contribution < 1.29 is 19.2 Å². The highest BCUT2D eigenvalue weighted by Crippen LogP contribution is 2.33. The first-order valence-electron chi connectivity index (χ1n) is 11.7. The number of carbonyl (C=O) groups excluding carboxylic acids is 1. The van der Waals surface area contributed by atoms with Crippen LogP contribution in [-0.2, 0) is 12.8 Å². The highest BCUT2D eigenvalue weighted by Gasteiger charge is 2.27. The fourth-order valence-electron chi connectivity index (χ4n) is 4.17. The number of carbonyl (C=O) groups is 1. The van der Waals surface area contributed by atoms with Gasteiger partial charge in [-0.05, 0) is 62.4 Å². The Bertz CT molecular complexity index is 1240. The number of aryl methyl sites for hydroxylation is 1. The van der Waals surface area contributed by atoms with Gasteiger partial charge in [0.15, 0.2) is 0 Å². The predicted molar refractivity (Wildman–Crippen MR) is 130 cm³/mol. The van der Waals surface area contributed by atoms with Gasteiger partial charge in [0, 0.05) is 18.2 Å². The molecule has 35 heavy (non-hydrogen) atoms. The molecule has 1 aliphatic heterocycles. The summed E-state index contributed by atoms with van der Waals surface area (Å²) < 4.78 is 11.1. The predicted octanol–water partition coefficient (Wildman–Crippen LogP) is 3.55. The molecular formula is C26H29N5O4. The molecule has 1 fully saturated rings. The van der Waals surface area contributed by atoms with E-state index in [4.69, 9.17) is 14.4 Å². The van der Waals surface area contributed by atoms with Crippen molar-refractivity contribution in [1.82, 2.24) is 20.4 Å². The third-order valence-electron chi connectivity index (χ3n) is 5.89. The van der Waals surface area contributed by atoms with Crippen LogP contribution in [0.4, 0.5) is 4.79 Å². The molecule has 5 rings (SSSR count). The van der Waals surface area contributed by atoms with Crippen molar-refractivity contribution in [3.63, 3.8) is 0 Å². The second-order valence-corrected chi connectivity index (χ2v) is 8.82. The van der Waals surface area contributed by atoms with Gasteiger partial charge in [0.1, 0.15) is 11.8 Å². The van der Waals surface area contributed by atoms with Crippen LogP contribution in [0.2, 0.25) is 0 Å². The van der Waals surface area contributed by atoms with E-state index in [0.29, 0.717) is 41.7 Å². The number of aliphatic hydroxyl groups is 1. The maximum absolute atomic E-state index is 10.6. The molecule has 9 nitrogen and oxygen atoms in total. The number of nitrogens with one attached hydrogen (secondary N) is 1. The molecule has 182 valence electrons. The zero-order valence-corrected chi connectivity index (χ0v) is 20.1. The third kappa shape index (κ3) is 5.44. The number of fused-ring (bicyclic) bond motifs is 1. The lowest BCUT2D eigenvalue weighted by atomic mass is 10.0. The van der Waals surface area contributed by atoms with Crippen LogP contribution in [0.25, 0.3) is 22.8 Å². The van der Waals surface area contributed by atoms with Gasteiger partial charge < -0.3 is 24.6 Å². The standard InChI is InChI=1S/C21H19N3O2.C5H10N2O2/c1-13(2)25-19-10-9-15(11-16(19)12-22)21-23-20(24-26-21)18-8-4-6-14-5-3-7-17(14)18;1-6-5(9)7-2-4(8)3-7/h4,6,8-11,13H,3,5,7H2,1-2H3;4,8H,2-3H2,1H3,(H,6,9). The van der Waals surface area contributed by atoms with Crippen molar-refractivity contribution in [3.05, 3.63) is 53.1 Å². The minimum absolute atomic E-state index is 0.00290. The van der Waals surface area contributed by atoms with E-state index in [2.05, 4.69) is 27.6 Å². The average molecular weight is 476 g/mol. The third-order valence-corrected chi connectivity index (χ3v) is 5.89. The van der Waals surface area contributed by atoms with Crippen LogP contribution < -0.4 is 10.1 Å². The summed E-state index contributed by atoms with van der Waals surface area (Å²) in [7, 11) is 1.58. The van der Waals surface area contributed by atoms with Crippen LogP contribution in [0, 0.1) is 11.3 Å². The van der Waals surface area contributed by atoms with Crippen LogP contribution in [0.5, 0.6) is 5.75 Å². The van der Waals surface area contributed by atoms with Gasteiger partial charge in [0.05, 0.1) is 30.9 Å². The molecule has 1 aliphatic carbocycles. The van der Waals surface area contributed by atoms with Crippen molar-refractivity contribution in [2.24, 2.45) is 0 Å². The summed E-state index contributed by atoms with van der Waals surface area (Å²) in [6.07, 6.45) is 3.02. The number of urea groups is 1. The summed E-state index contributed by atoms with van der Waals surface area (Å²) in [6, 6.07) is 13.6. The molecule has 3 aromatic rings. The molecule has 2 aliphatic rings. The first kappa shape index (κ1) is 24.2. The zero-order chi connectivity index (χ0) is 24.9. The summed E-state index contributed by atoms with van der Waals surface area (Å²) in [5, 5.41) is 24.8. The SMILES string of the molecule is CC(C)Oc1ccc(-c2nc(-c3cccc4c3CCC4)no2)cc1C#N.CNC(=O)N1CC(O)C1. The van der Waals surface area contributed by atoms with Crippen LogP contribution in [0.15, 0.2) is 40.9 Å². The van der Waals surface area contributed by atoms with Crippen molar-refractivity contribution in [1.29, 1.82) is 5.26 Å². The molecule has 9 heteroatoms. The van der Waals surface area contributed by atoms with E-state index in [1.165, 1.54) is 17.5 Å². The number of aliphatic hydroxyl groups excluding tert-OH is 1. The van der Waals surface area contributed by atoms with E-state index >= 15 is 0 Å². The van der Waals surface area contributed by atoms with Gasteiger partial charge in [-0.3, -0.25) is 0 Å². The Balaban J connectivity index is 0.000000271. The number of aromatic nitrogens is 2. The lowest BCUT2D eigenvalue weighted by molar-refractivity contribution is 0.0272. The number of hydrogen-bond acceptors (Lipinski definition) is 7. The number of nitriles is 1. The number of benzene rings is 2. The molecule has 0 bridgehead atoms. The Morgan fingerprint density at radius 1 is 1.29 bits per heavy atom. The van der Waals surface area contributed by atoms with E-state index in [1.807, 2.05) is 32.0 Å². The van der Waals surface area contributed by atoms with Crippen molar-refractivity contribution >= 4 is 6.03 Å². The second kappa shape index (κ2) is 10.6. The number of rotatable bonds is 4. The molecule has 2 N–H and O–H groups in total. The molecule has 1 saturated heterocycles. The minimum Gasteiger partial charge on any atom is -0.490 e. The monoisotopic (exact) mass is 475 g/mol. The number of nitrogens with zero attached hydrogens (tertiary/aromatic N) is 4. The molecule has 2 heterocycles. The molecule has 1 aromatic heterocycles. The maximum atomic E-state index is 10.6. The van der Waals surface area contributed by atoms with Crippen LogP contribution >= 0.6 is 0 Å². The number of amides is 2. The maximum Gasteiger partial charge on any atom is 0.317 e. The Morgan fingerprint density at radius 2 is 2.09 bits per heavy atom. The summed E-state index contributed by atoms with van der Waals surface area (Å²) >= 11 is 0. The summed E-state index contributed by atoms with van der Waals surface area (Å²) in [5.74, 6) is 1.56. The molecule has 0 atom stereocenters. The zero-order valence-electron chi connectivity index (χ0n) is 20.1. The first-order valence-corrected chi connectivity index (χ1v) is 11.7. The van der Waals surface area contributed by atoms with Gasteiger partial charge in [-0.25, -0.2) is 4.79 Å². The first-order chi connectivity index (χ1) is 16.9. The van der Waals surface area contributed by atoms with Crippen LogP contribution in [0.3, 0.4) is 0 Å². The highest BCUT2D eigenvalue weighted by atomic mass is 16.5. The molecule has 0 saturated carbocycles. The van der Waals surface area contributed by atoms with Crippen molar-refractivity contribution in [2.75, 3.05) is 20.1 Å². The Morgan fingerprint density at radius 3 is 2.77 bits per heavy atom. The van der Waals surface area contributed by atoms with Gasteiger partial charge >= 0.3 is 6.03 Å². The summed E-state index contributed by atoms with van der Waals surface area (Å²) in [4.78, 5) is 16.8. The van der Waals surface area contributed by atoms with Crippen molar-refractivity contribution in [3.8, 4) is 34.7 Å². The second-order valence-electron chi connectivity index (χ2n) is 8.82. The number of ether oxygens (including phenoxy) is 1. The molecule has 0 radical (unpaired) electrons. The van der Waals surface area contributed by atoms with E-state index < -0.39 is 0 Å². The largest absolute Gasteiger partial charge is 0.490 e. The highest BCUT2D eigenvalue weighted by molar-refractivity contribution is 5.74. The summed E-state index contributed by atoms with van der Waals surface area (Å²) in [6.45, 7) is 4.80. The van der Waals surface area contributed by atoms with Crippen LogP contribution in [-0.4, -0.2) is 58.5 Å². The topological polar surface area (TPSA) is 125 Å². The Labute approximate surface area is 204 Å². The van der Waals surface area contributed by atoms with E-state index in [9.17, 15) is 10.1 Å². The molecule has 2 amide bonds. The van der Waals surface area contributed by atoms with Crippen LogP contribution in [0.1, 0.15) is 37.0 Å². The fourth-order valence-corrected chi connectivity index (χ4v) is 4.17. The van der Waals surface area contributed by atoms with Gasteiger partial charge in [-0.15, -0.1) is 0 Å². The van der Waals surface area contributed by atoms with E-state index in [0.717, 1.165) is 18.4 Å². The van der Waals surface area contributed by atoms with Gasteiger partial charge in [-0.1, -0.05) is 23.4 Å². The summed E-state index contributed by atoms with van der Waals surface area (Å²) in [5.41, 5.74) is 4.89. The quantitative estimate of drug-likeness (QED) is 0.591. The Kier molecular flexibility index (Phi) is 7.32. The van der Waals surface area contributed by atoms with E-state index in [1.54, 1.807) is 24.1 Å². The lowest BCUT2D eigenvalue weighted by Gasteiger charge is -2.35. The number of hydrogen-bond donors (Lipinski definition) is 2. The van der Waals surface area contributed by atoms with Gasteiger partial charge in [0.25, 0.3) is 5.89 Å². The van der Waals surface area contributed by atoms with E-state index in [-0.39, 0.29) is 18.2 Å². The smallest absolute Gasteiger partial charge is 0.317 e. The molecular weight excluding hydrogens is 446 g/mol. The Hall–Kier alpha value is -3.90. The number of likely N-dealkylation sites (tertiary alicyclic amines) is 1. The minimum atomic E-state index is -0.303. The van der Waals surface area contributed by atoms with Gasteiger partial charge in [0.2, 0.25) is 5.82 Å². The fraction of sp³-hybridized carbons (Fsp3) is 0.385.